The molecular weight excluding hydrogens is 410 g/mol. The summed E-state index contributed by atoms with van der Waals surface area (Å²) in [4.78, 5) is 0. The van der Waals surface area contributed by atoms with Crippen molar-refractivity contribution in [1.29, 1.82) is 0 Å². The van der Waals surface area contributed by atoms with Crippen LogP contribution in [0.25, 0.3) is 0 Å². The van der Waals surface area contributed by atoms with Crippen molar-refractivity contribution in [3.05, 3.63) is 25.6 Å². The minimum Gasteiger partial charge on any atom is -0.383 e. The Kier molecular flexibility index (Phi) is 6.00. The second kappa shape index (κ2) is 6.58. The molecule has 17 heavy (non-hydrogen) atoms. The average Bonchev–Trinajstić information content (AvgIpc) is 2.13. The molecule has 0 saturated heterocycles. The van der Waals surface area contributed by atoms with Crippen molar-refractivity contribution in [3.8, 4) is 0 Å². The first-order chi connectivity index (χ1) is 7.79. The molecule has 0 bridgehead atoms. The van der Waals surface area contributed by atoms with Gasteiger partial charge in [0.15, 0.2) is 0 Å². The van der Waals surface area contributed by atoms with E-state index in [2.05, 4.69) is 86.0 Å². The molecule has 1 aromatic rings. The van der Waals surface area contributed by atoms with E-state index in [0.717, 1.165) is 25.7 Å². The van der Waals surface area contributed by atoms with E-state index in [1.165, 1.54) is 12.8 Å². The maximum absolute atomic E-state index is 3.57. The summed E-state index contributed by atoms with van der Waals surface area (Å²) in [7, 11) is 0. The molecule has 1 rings (SSSR count). The minimum atomic E-state index is 0.413. The van der Waals surface area contributed by atoms with Crippen LogP contribution in [0.3, 0.4) is 0 Å². The molecule has 0 aromatic heterocycles. The number of benzene rings is 1. The van der Waals surface area contributed by atoms with Crippen LogP contribution >= 0.6 is 47.8 Å². The standard InChI is InChI=1S/C13H18Br3N/c1-13(2,3)5-4-6-17-12-10(15)7-9(14)8-11(12)16/h7-8,17H,4-6H2,1-3H3. The van der Waals surface area contributed by atoms with E-state index in [4.69, 9.17) is 0 Å². The van der Waals surface area contributed by atoms with Crippen LogP contribution in [0.15, 0.2) is 25.6 Å². The maximum Gasteiger partial charge on any atom is 0.0629 e. The van der Waals surface area contributed by atoms with Crippen LogP contribution in [-0.4, -0.2) is 6.54 Å². The Balaban J connectivity index is 2.53. The van der Waals surface area contributed by atoms with Gasteiger partial charge in [-0.2, -0.15) is 0 Å². The summed E-state index contributed by atoms with van der Waals surface area (Å²) in [5.74, 6) is 0. The lowest BCUT2D eigenvalue weighted by molar-refractivity contribution is 0.370. The topological polar surface area (TPSA) is 12.0 Å². The second-order valence-electron chi connectivity index (χ2n) is 5.34. The summed E-state index contributed by atoms with van der Waals surface area (Å²) < 4.78 is 3.22. The molecule has 0 radical (unpaired) electrons. The molecule has 1 nitrogen and oxygen atoms in total. The van der Waals surface area contributed by atoms with E-state index in [0.29, 0.717) is 5.41 Å². The summed E-state index contributed by atoms with van der Waals surface area (Å²) in [6, 6.07) is 4.10. The van der Waals surface area contributed by atoms with E-state index in [-0.39, 0.29) is 0 Å². The molecule has 0 atom stereocenters. The molecule has 0 fully saturated rings. The van der Waals surface area contributed by atoms with Gasteiger partial charge in [-0.3, -0.25) is 0 Å². The highest BCUT2D eigenvalue weighted by molar-refractivity contribution is 9.11. The third-order valence-electron chi connectivity index (χ3n) is 2.41. The molecule has 0 saturated carbocycles. The van der Waals surface area contributed by atoms with Crippen molar-refractivity contribution in [1.82, 2.24) is 0 Å². The maximum atomic E-state index is 3.57. The van der Waals surface area contributed by atoms with Gasteiger partial charge < -0.3 is 5.32 Å². The predicted octanol–water partition coefficient (Wildman–Crippen LogP) is 6.21. The van der Waals surface area contributed by atoms with Crippen molar-refractivity contribution in [2.75, 3.05) is 11.9 Å². The fraction of sp³-hybridized carbons (Fsp3) is 0.538. The van der Waals surface area contributed by atoms with Crippen LogP contribution in [0.5, 0.6) is 0 Å². The van der Waals surface area contributed by atoms with E-state index < -0.39 is 0 Å². The molecule has 0 aliphatic carbocycles. The smallest absolute Gasteiger partial charge is 0.0629 e. The van der Waals surface area contributed by atoms with E-state index in [1.54, 1.807) is 0 Å². The van der Waals surface area contributed by atoms with Gasteiger partial charge in [0.25, 0.3) is 0 Å². The Morgan fingerprint density at radius 1 is 1.06 bits per heavy atom. The van der Waals surface area contributed by atoms with E-state index >= 15 is 0 Å². The number of halogens is 3. The number of nitrogens with one attached hydrogen (secondary N) is 1. The molecule has 96 valence electrons. The Morgan fingerprint density at radius 3 is 2.06 bits per heavy atom. The summed E-state index contributed by atoms with van der Waals surface area (Å²) in [6.07, 6.45) is 2.41. The largest absolute Gasteiger partial charge is 0.383 e. The van der Waals surface area contributed by atoms with Crippen LogP contribution in [-0.2, 0) is 0 Å². The lowest BCUT2D eigenvalue weighted by atomic mass is 9.91. The first-order valence-electron chi connectivity index (χ1n) is 5.68. The van der Waals surface area contributed by atoms with Gasteiger partial charge in [0, 0.05) is 20.0 Å². The van der Waals surface area contributed by atoms with E-state index in [9.17, 15) is 0 Å². The summed E-state index contributed by atoms with van der Waals surface area (Å²) >= 11 is 10.6. The van der Waals surface area contributed by atoms with Gasteiger partial charge in [-0.05, 0) is 62.2 Å². The summed E-state index contributed by atoms with van der Waals surface area (Å²) in [5.41, 5.74) is 1.54. The molecule has 0 amide bonds. The highest BCUT2D eigenvalue weighted by Gasteiger charge is 2.10. The molecule has 0 spiro atoms. The lowest BCUT2D eigenvalue weighted by Gasteiger charge is -2.18. The average molecular weight is 428 g/mol. The molecule has 4 heteroatoms. The molecule has 0 heterocycles. The monoisotopic (exact) mass is 425 g/mol. The van der Waals surface area contributed by atoms with Gasteiger partial charge in [-0.15, -0.1) is 0 Å². The molecular formula is C13H18Br3N. The predicted molar refractivity (Wildman–Crippen MR) is 86.7 cm³/mol. The van der Waals surface area contributed by atoms with Gasteiger partial charge in [-0.1, -0.05) is 36.7 Å². The summed E-state index contributed by atoms with van der Waals surface area (Å²) in [5, 5.41) is 3.47. The van der Waals surface area contributed by atoms with Crippen molar-refractivity contribution < 1.29 is 0 Å². The Bertz CT molecular complexity index is 360. The van der Waals surface area contributed by atoms with Gasteiger partial charge in [-0.25, -0.2) is 0 Å². The van der Waals surface area contributed by atoms with Crippen molar-refractivity contribution in [2.45, 2.75) is 33.6 Å². The number of hydrogen-bond donors (Lipinski definition) is 1. The zero-order chi connectivity index (χ0) is 13.1. The Morgan fingerprint density at radius 2 is 1.59 bits per heavy atom. The fourth-order valence-electron chi connectivity index (χ4n) is 1.54. The quantitative estimate of drug-likeness (QED) is 0.563. The van der Waals surface area contributed by atoms with Gasteiger partial charge in [0.2, 0.25) is 0 Å². The summed E-state index contributed by atoms with van der Waals surface area (Å²) in [6.45, 7) is 7.82. The molecule has 0 aliphatic heterocycles. The van der Waals surface area contributed by atoms with Crippen LogP contribution < -0.4 is 5.32 Å². The Hall–Kier alpha value is 0.460. The van der Waals surface area contributed by atoms with Crippen LogP contribution in [0.2, 0.25) is 0 Å². The first-order valence-corrected chi connectivity index (χ1v) is 8.06. The normalized spacial score (nSPS) is 11.6. The second-order valence-corrected chi connectivity index (χ2v) is 7.96. The van der Waals surface area contributed by atoms with Crippen molar-refractivity contribution in [3.63, 3.8) is 0 Å². The third-order valence-corrected chi connectivity index (χ3v) is 4.12. The fourth-order valence-corrected chi connectivity index (χ4v) is 4.08. The zero-order valence-electron chi connectivity index (χ0n) is 10.4. The van der Waals surface area contributed by atoms with Crippen LogP contribution in [0.4, 0.5) is 5.69 Å². The lowest BCUT2D eigenvalue weighted by Crippen LogP contribution is -2.09. The van der Waals surface area contributed by atoms with Gasteiger partial charge >= 0.3 is 0 Å². The number of rotatable bonds is 4. The minimum absolute atomic E-state index is 0.413. The van der Waals surface area contributed by atoms with Crippen LogP contribution in [0.1, 0.15) is 33.6 Å². The number of hydrogen-bond acceptors (Lipinski definition) is 1. The highest BCUT2D eigenvalue weighted by Crippen LogP contribution is 2.34. The molecule has 1 aromatic carbocycles. The SMILES string of the molecule is CC(C)(C)CCCNc1c(Br)cc(Br)cc1Br. The van der Waals surface area contributed by atoms with Gasteiger partial charge in [0.05, 0.1) is 5.69 Å². The number of anilines is 1. The zero-order valence-corrected chi connectivity index (χ0v) is 15.2. The molecule has 0 unspecified atom stereocenters. The molecule has 1 N–H and O–H groups in total. The van der Waals surface area contributed by atoms with Crippen molar-refractivity contribution >= 4 is 53.5 Å². The Labute approximate surface area is 129 Å². The third kappa shape index (κ3) is 5.75. The first kappa shape index (κ1) is 15.5. The van der Waals surface area contributed by atoms with Crippen LogP contribution in [0, 0.1) is 5.41 Å². The highest BCUT2D eigenvalue weighted by atomic mass is 79.9. The van der Waals surface area contributed by atoms with Crippen molar-refractivity contribution in [2.24, 2.45) is 5.41 Å². The van der Waals surface area contributed by atoms with Gasteiger partial charge in [0.1, 0.15) is 0 Å². The van der Waals surface area contributed by atoms with E-state index in [1.807, 2.05) is 0 Å². The molecule has 0 aliphatic rings.